The molecule has 0 saturated carbocycles. The topological polar surface area (TPSA) is 61.0 Å². The number of hydrogen-bond donors (Lipinski definition) is 0. The highest BCUT2D eigenvalue weighted by Crippen LogP contribution is 2.51. The van der Waals surface area contributed by atoms with Gasteiger partial charge in [-0.15, -0.1) is 0 Å². The Morgan fingerprint density at radius 1 is 0.464 bits per heavy atom. The summed E-state index contributed by atoms with van der Waals surface area (Å²) in [4.78, 5) is 16.0. The van der Waals surface area contributed by atoms with Crippen molar-refractivity contribution < 1.29 is 9.15 Å². The zero-order valence-corrected chi connectivity index (χ0v) is 30.1. The van der Waals surface area contributed by atoms with Crippen LogP contribution in [0.5, 0.6) is 5.75 Å². The summed E-state index contributed by atoms with van der Waals surface area (Å²) in [5, 5.41) is 8.96. The van der Waals surface area contributed by atoms with Crippen LogP contribution in [0.15, 0.2) is 180 Å². The van der Waals surface area contributed by atoms with Crippen molar-refractivity contribution >= 4 is 65.4 Å². The molecular weight excluding hydrogens is 687 g/mol. The normalized spacial score (nSPS) is 16.2. The minimum absolute atomic E-state index is 0.119. The van der Waals surface area contributed by atoms with Crippen LogP contribution in [0, 0.1) is 0 Å². The Morgan fingerprint density at radius 2 is 1.11 bits per heavy atom. The molecule has 262 valence electrons. The first-order chi connectivity index (χ1) is 27.7. The molecule has 5 heteroatoms. The van der Waals surface area contributed by atoms with Crippen LogP contribution in [0.2, 0.25) is 0 Å². The number of aromatic nitrogens is 3. The molecule has 1 aliphatic heterocycles. The number of fused-ring (bicyclic) bond motifs is 11. The number of nitrogens with zero attached hydrogens (tertiary/aromatic N) is 3. The average molecular weight is 718 g/mol. The first kappa shape index (κ1) is 31.0. The molecule has 2 aliphatic rings. The van der Waals surface area contributed by atoms with Crippen LogP contribution in [0.4, 0.5) is 0 Å². The molecule has 2 atom stereocenters. The fourth-order valence-corrected chi connectivity index (χ4v) is 8.93. The zero-order valence-electron chi connectivity index (χ0n) is 30.1. The number of para-hydroxylation sites is 2. The van der Waals surface area contributed by atoms with Gasteiger partial charge in [-0.1, -0.05) is 140 Å². The zero-order chi connectivity index (χ0) is 36.7. The number of hydrogen-bond acceptors (Lipinski definition) is 5. The van der Waals surface area contributed by atoms with E-state index < -0.39 is 0 Å². The second-order valence-electron chi connectivity index (χ2n) is 14.6. The predicted octanol–water partition coefficient (Wildman–Crippen LogP) is 12.6. The third-order valence-electron chi connectivity index (χ3n) is 11.5. The van der Waals surface area contributed by atoms with E-state index in [0.717, 1.165) is 88.0 Å². The monoisotopic (exact) mass is 717 g/mol. The van der Waals surface area contributed by atoms with Gasteiger partial charge in [0.25, 0.3) is 0 Å². The molecule has 10 aromatic rings. The van der Waals surface area contributed by atoms with E-state index in [1.165, 1.54) is 5.39 Å². The third kappa shape index (κ3) is 4.71. The smallest absolute Gasteiger partial charge is 0.164 e. The maximum atomic E-state index is 6.80. The molecule has 56 heavy (non-hydrogen) atoms. The van der Waals surface area contributed by atoms with Gasteiger partial charge in [0.05, 0.1) is 5.92 Å². The number of furan rings is 1. The largest absolute Gasteiger partial charge is 0.485 e. The van der Waals surface area contributed by atoms with E-state index in [0.29, 0.717) is 17.5 Å². The lowest BCUT2D eigenvalue weighted by Gasteiger charge is -2.26. The summed E-state index contributed by atoms with van der Waals surface area (Å²) in [6.07, 6.45) is 4.30. The summed E-state index contributed by atoms with van der Waals surface area (Å²) in [6, 6.07) is 56.9. The van der Waals surface area contributed by atoms with Crippen LogP contribution in [0.25, 0.3) is 88.2 Å². The van der Waals surface area contributed by atoms with Gasteiger partial charge >= 0.3 is 0 Å². The maximum absolute atomic E-state index is 6.80. The van der Waals surface area contributed by atoms with E-state index >= 15 is 0 Å². The van der Waals surface area contributed by atoms with Crippen LogP contribution in [0.1, 0.15) is 22.9 Å². The summed E-state index contributed by atoms with van der Waals surface area (Å²) < 4.78 is 13.3. The molecule has 0 spiro atoms. The van der Waals surface area contributed by atoms with Crippen molar-refractivity contribution in [3.05, 3.63) is 193 Å². The second-order valence-corrected chi connectivity index (χ2v) is 14.6. The van der Waals surface area contributed by atoms with Gasteiger partial charge in [-0.25, -0.2) is 15.0 Å². The van der Waals surface area contributed by atoms with Crippen LogP contribution < -0.4 is 4.74 Å². The Bertz CT molecular complexity index is 3310. The minimum Gasteiger partial charge on any atom is -0.485 e. The number of ether oxygens (including phenoxy) is 1. The second kappa shape index (κ2) is 12.1. The summed E-state index contributed by atoms with van der Waals surface area (Å²) in [5.41, 5.74) is 7.94. The lowest BCUT2D eigenvalue weighted by Crippen LogP contribution is -2.22. The average Bonchev–Trinajstić information content (AvgIpc) is 3.84. The molecule has 12 rings (SSSR count). The Morgan fingerprint density at radius 3 is 1.96 bits per heavy atom. The van der Waals surface area contributed by atoms with Gasteiger partial charge in [-0.2, -0.15) is 0 Å². The van der Waals surface area contributed by atoms with Crippen molar-refractivity contribution in [2.24, 2.45) is 0 Å². The molecule has 1 aliphatic carbocycles. The molecule has 2 unspecified atom stereocenters. The van der Waals surface area contributed by atoms with Crippen LogP contribution in [-0.4, -0.2) is 21.1 Å². The minimum atomic E-state index is -0.264. The first-order valence-electron chi connectivity index (χ1n) is 19.0. The van der Waals surface area contributed by atoms with E-state index in [2.05, 4.69) is 140 Å². The van der Waals surface area contributed by atoms with Gasteiger partial charge in [-0.3, -0.25) is 0 Å². The Balaban J connectivity index is 1.14. The van der Waals surface area contributed by atoms with Gasteiger partial charge in [0.2, 0.25) is 0 Å². The Kier molecular flexibility index (Phi) is 6.69. The SMILES string of the molecule is C1=C(c2cc3c4ccccc4oc3c3ccccc23)C=C(c2nc(-c3ccccc3)nc(-c3cc4ccccc4c4ccccc34)n2)C2c3ccccc3OC12. The lowest BCUT2D eigenvalue weighted by atomic mass is 9.80. The highest BCUT2D eigenvalue weighted by Gasteiger charge is 2.40. The molecule has 3 heterocycles. The molecule has 2 aromatic heterocycles. The quantitative estimate of drug-likeness (QED) is 0.170. The molecule has 0 fully saturated rings. The van der Waals surface area contributed by atoms with Gasteiger partial charge < -0.3 is 9.15 Å². The molecule has 8 aromatic carbocycles. The summed E-state index contributed by atoms with van der Waals surface area (Å²) >= 11 is 0. The van der Waals surface area contributed by atoms with E-state index in [9.17, 15) is 0 Å². The van der Waals surface area contributed by atoms with Crippen molar-refractivity contribution in [1.29, 1.82) is 0 Å². The van der Waals surface area contributed by atoms with E-state index in [-0.39, 0.29) is 12.0 Å². The number of rotatable bonds is 4. The van der Waals surface area contributed by atoms with Crippen molar-refractivity contribution in [3.8, 4) is 28.5 Å². The lowest BCUT2D eigenvalue weighted by molar-refractivity contribution is 0.272. The molecule has 0 N–H and O–H groups in total. The molecule has 0 saturated heterocycles. The predicted molar refractivity (Wildman–Crippen MR) is 226 cm³/mol. The molecule has 0 amide bonds. The van der Waals surface area contributed by atoms with Crippen molar-refractivity contribution in [1.82, 2.24) is 15.0 Å². The summed E-state index contributed by atoms with van der Waals surface area (Å²) in [5.74, 6) is 2.65. The van der Waals surface area contributed by atoms with Crippen LogP contribution in [0.3, 0.4) is 0 Å². The summed E-state index contributed by atoms with van der Waals surface area (Å²) in [7, 11) is 0. The fourth-order valence-electron chi connectivity index (χ4n) is 8.93. The fraction of sp³-hybridized carbons (Fsp3) is 0.0392. The van der Waals surface area contributed by atoms with E-state index in [1.54, 1.807) is 0 Å². The highest BCUT2D eigenvalue weighted by atomic mass is 16.5. The van der Waals surface area contributed by atoms with Gasteiger partial charge in [-0.05, 0) is 74.5 Å². The highest BCUT2D eigenvalue weighted by molar-refractivity contribution is 6.18. The number of allylic oxidation sites excluding steroid dienone is 2. The van der Waals surface area contributed by atoms with Gasteiger partial charge in [0.15, 0.2) is 17.5 Å². The molecule has 5 nitrogen and oxygen atoms in total. The van der Waals surface area contributed by atoms with Crippen LogP contribution >= 0.6 is 0 Å². The molecule has 0 radical (unpaired) electrons. The standard InChI is InChI=1S/C51H31N3O2/c1-2-14-30(15-3-1)49-52-50(42-26-31-16-4-5-17-33(31)34-18-6-7-19-35(34)42)54-51(53-49)43-27-32(28-46-47(43)39-23-11-13-25-45(39)55-46)40-29-41-37-21-10-12-24-44(37)56-48(41)38-22-9-8-20-36(38)40/h1-29,46-47H. The Labute approximate surface area is 321 Å². The Hall–Kier alpha value is -7.37. The van der Waals surface area contributed by atoms with E-state index in [1.807, 2.05) is 36.4 Å². The molecular formula is C51H31N3O2. The van der Waals surface area contributed by atoms with Gasteiger partial charge in [0, 0.05) is 38.4 Å². The van der Waals surface area contributed by atoms with Gasteiger partial charge in [0.1, 0.15) is 23.0 Å². The maximum Gasteiger partial charge on any atom is 0.164 e. The van der Waals surface area contributed by atoms with Crippen molar-refractivity contribution in [3.63, 3.8) is 0 Å². The number of benzene rings is 8. The van der Waals surface area contributed by atoms with Crippen molar-refractivity contribution in [2.75, 3.05) is 0 Å². The van der Waals surface area contributed by atoms with E-state index in [4.69, 9.17) is 24.1 Å². The van der Waals surface area contributed by atoms with Crippen molar-refractivity contribution in [2.45, 2.75) is 12.0 Å². The first-order valence-corrected chi connectivity index (χ1v) is 19.0. The third-order valence-corrected chi connectivity index (χ3v) is 11.5. The molecule has 0 bridgehead atoms. The summed E-state index contributed by atoms with van der Waals surface area (Å²) in [6.45, 7) is 0. The van der Waals surface area contributed by atoms with Crippen LogP contribution in [-0.2, 0) is 0 Å².